The minimum atomic E-state index is -1.14. The molecule has 16 nitrogen and oxygen atoms in total. The zero-order valence-corrected chi connectivity index (χ0v) is 40.4. The smallest absolute Gasteiger partial charge is 0.324 e. The summed E-state index contributed by atoms with van der Waals surface area (Å²) >= 11 is 0. The number of piperidine rings is 1. The van der Waals surface area contributed by atoms with Crippen LogP contribution in [0.4, 0.5) is 0 Å². The number of carbonyl (C=O) groups is 5. The largest absolute Gasteiger partial charge is 0.508 e. The van der Waals surface area contributed by atoms with Crippen molar-refractivity contribution in [2.45, 2.75) is 117 Å². The van der Waals surface area contributed by atoms with Crippen LogP contribution in [0.25, 0.3) is 33.3 Å². The first-order valence-electron chi connectivity index (χ1n) is 24.4. The van der Waals surface area contributed by atoms with E-state index in [1.807, 2.05) is 39.0 Å². The maximum Gasteiger partial charge on any atom is 0.324 e. The lowest BCUT2D eigenvalue weighted by Crippen LogP contribution is -2.70. The third-order valence-corrected chi connectivity index (χ3v) is 14.7. The molecule has 1 unspecified atom stereocenters. The number of methoxy groups -OCH3 is 1. The topological polar surface area (TPSA) is 198 Å². The molecule has 4 aromatic rings. The number of cyclic esters (lactones) is 1. The van der Waals surface area contributed by atoms with Gasteiger partial charge in [0.1, 0.15) is 23.9 Å². The Labute approximate surface area is 398 Å². The summed E-state index contributed by atoms with van der Waals surface area (Å²) in [5.74, 6) is -1.85. The highest BCUT2D eigenvalue weighted by Crippen LogP contribution is 2.44. The Kier molecular flexibility index (Phi) is 12.9. The van der Waals surface area contributed by atoms with Gasteiger partial charge >= 0.3 is 5.97 Å². The Bertz CT molecular complexity index is 2630. The van der Waals surface area contributed by atoms with E-state index in [0.29, 0.717) is 70.4 Å². The SMILES string of the molecule is CCn1c(-c2cccnc2[C@H](C)OC)c2c3cc(ccc31)-c1cc(O)cc(c1)C[C@H](NC(=O)C(C(C)C)N1CCCC3(CN(C(=O)[C@H]4CN4)C3)C1=O)C(=O)N1CCC[C@H](N1)C(=O)OCC(C)(C)C2. The minimum Gasteiger partial charge on any atom is -0.508 e. The van der Waals surface area contributed by atoms with Gasteiger partial charge < -0.3 is 39.6 Å². The average Bonchev–Trinajstić information content (AvgIpc) is 4.12. The second-order valence-electron chi connectivity index (χ2n) is 20.8. The molecule has 16 heteroatoms. The Hall–Kier alpha value is -5.84. The van der Waals surface area contributed by atoms with Gasteiger partial charge in [-0.15, -0.1) is 0 Å². The van der Waals surface area contributed by atoms with E-state index in [1.165, 1.54) is 5.01 Å². The third-order valence-electron chi connectivity index (χ3n) is 14.7. The van der Waals surface area contributed by atoms with Crippen molar-refractivity contribution < 1.29 is 38.6 Å². The van der Waals surface area contributed by atoms with Gasteiger partial charge in [0.05, 0.1) is 35.6 Å². The highest BCUT2D eigenvalue weighted by molar-refractivity contribution is 5.97. The van der Waals surface area contributed by atoms with Crippen molar-refractivity contribution in [3.63, 3.8) is 0 Å². The molecule has 5 atom stereocenters. The van der Waals surface area contributed by atoms with Crippen LogP contribution in [0.1, 0.15) is 90.2 Å². The molecule has 4 amide bonds. The lowest BCUT2D eigenvalue weighted by atomic mass is 9.71. The lowest BCUT2D eigenvalue weighted by Gasteiger charge is -2.54. The first kappa shape index (κ1) is 47.2. The van der Waals surface area contributed by atoms with Gasteiger partial charge in [0.15, 0.2) is 0 Å². The predicted octanol–water partition coefficient (Wildman–Crippen LogP) is 4.90. The van der Waals surface area contributed by atoms with Crippen LogP contribution in [0, 0.1) is 16.7 Å². The first-order valence-corrected chi connectivity index (χ1v) is 24.4. The highest BCUT2D eigenvalue weighted by atomic mass is 16.5. The molecule has 362 valence electrons. The number of amides is 4. The normalized spacial score (nSPS) is 23.5. The lowest BCUT2D eigenvalue weighted by molar-refractivity contribution is -0.170. The van der Waals surface area contributed by atoms with Crippen molar-refractivity contribution in [3.05, 3.63) is 71.5 Å². The number of carbonyl (C=O) groups excluding carboxylic acids is 5. The van der Waals surface area contributed by atoms with E-state index in [0.717, 1.165) is 44.5 Å². The fraction of sp³-hybridized carbons (Fsp3) is 0.538. The number of nitrogens with one attached hydrogen (secondary N) is 3. The molecular formula is C52H66N8O8. The summed E-state index contributed by atoms with van der Waals surface area (Å²) in [5.41, 5.74) is 8.89. The number of hydrogen-bond acceptors (Lipinski definition) is 11. The Balaban J connectivity index is 1.10. The van der Waals surface area contributed by atoms with Crippen LogP contribution in [0.15, 0.2) is 54.7 Å². The van der Waals surface area contributed by atoms with Gasteiger partial charge in [-0.25, -0.2) is 5.43 Å². The molecule has 9 rings (SSSR count). The Morgan fingerprint density at radius 2 is 1.81 bits per heavy atom. The molecule has 68 heavy (non-hydrogen) atoms. The maximum absolute atomic E-state index is 14.8. The van der Waals surface area contributed by atoms with Crippen LogP contribution in [0.3, 0.4) is 0 Å². The van der Waals surface area contributed by atoms with Crippen molar-refractivity contribution in [2.24, 2.45) is 16.7 Å². The molecule has 4 fully saturated rings. The van der Waals surface area contributed by atoms with Crippen LogP contribution >= 0.6 is 0 Å². The summed E-state index contributed by atoms with van der Waals surface area (Å²) < 4.78 is 14.2. The molecule has 1 spiro atoms. The molecule has 4 N–H and O–H groups in total. The van der Waals surface area contributed by atoms with E-state index in [-0.39, 0.29) is 55.2 Å². The second kappa shape index (κ2) is 18.6. The van der Waals surface area contributed by atoms with E-state index in [4.69, 9.17) is 14.5 Å². The number of phenolic OH excluding ortho intramolecular Hbond substituents is 1. The zero-order chi connectivity index (χ0) is 48.2. The Morgan fingerprint density at radius 1 is 1.03 bits per heavy atom. The number of aromatic nitrogens is 2. The molecule has 6 bridgehead atoms. The summed E-state index contributed by atoms with van der Waals surface area (Å²) in [4.78, 5) is 79.0. The quantitative estimate of drug-likeness (QED) is 0.132. The number of pyridine rings is 1. The second-order valence-corrected chi connectivity index (χ2v) is 20.8. The molecule has 0 aliphatic carbocycles. The summed E-state index contributed by atoms with van der Waals surface area (Å²) in [6.45, 7) is 14.8. The van der Waals surface area contributed by atoms with Gasteiger partial charge in [-0.1, -0.05) is 39.8 Å². The zero-order valence-electron chi connectivity index (χ0n) is 40.4. The number of hydrogen-bond donors (Lipinski definition) is 4. The molecule has 5 aliphatic rings. The van der Waals surface area contributed by atoms with Crippen LogP contribution in [-0.4, -0.2) is 130 Å². The van der Waals surface area contributed by atoms with Crippen LogP contribution in [0.5, 0.6) is 5.75 Å². The van der Waals surface area contributed by atoms with Gasteiger partial charge in [0, 0.05) is 80.9 Å². The number of likely N-dealkylation sites (tertiary alicyclic amines) is 2. The van der Waals surface area contributed by atoms with E-state index in [1.54, 1.807) is 35.2 Å². The monoisotopic (exact) mass is 931 g/mol. The summed E-state index contributed by atoms with van der Waals surface area (Å²) in [6.07, 6.45) is 4.33. The minimum absolute atomic E-state index is 0.0000725. The number of nitrogens with zero attached hydrogens (tertiary/aromatic N) is 5. The van der Waals surface area contributed by atoms with E-state index >= 15 is 0 Å². The number of hydrazine groups is 1. The number of ether oxygens (including phenoxy) is 2. The fourth-order valence-corrected chi connectivity index (χ4v) is 11.1. The number of benzene rings is 2. The number of rotatable bonds is 9. The summed E-state index contributed by atoms with van der Waals surface area (Å²) in [7, 11) is 1.68. The Morgan fingerprint density at radius 3 is 2.53 bits per heavy atom. The van der Waals surface area contributed by atoms with Gasteiger partial charge in [-0.3, -0.25) is 34.0 Å². The molecule has 4 saturated heterocycles. The van der Waals surface area contributed by atoms with Crippen molar-refractivity contribution in [3.8, 4) is 28.1 Å². The standard InChI is InChI=1S/C52H66N8O8/c1-8-58-42-15-14-33-24-37(42)38(45(58)36-12-9-17-53-43(36)31(4)67-7)25-51(5,6)29-68-49(65)39-13-10-19-60(56-39)48(64)40(22-32-20-34(33)23-35(61)21-32)55-46(62)44(30(2)3)59-18-11-16-52(50(59)66)27-57(28-52)47(63)41-26-54-41/h9,12,14-15,17,20-21,23-24,30-31,39-41,44,54,56,61H,8,10-11,13,16,18-19,22,25-29H2,1-7H3,(H,55,62)/t31-,39-,40-,41+,44?/m0/s1. The number of esters is 1. The van der Waals surface area contributed by atoms with Crippen molar-refractivity contribution in [2.75, 3.05) is 46.4 Å². The van der Waals surface area contributed by atoms with Crippen LogP contribution < -0.4 is 16.1 Å². The molecule has 7 heterocycles. The fourth-order valence-electron chi connectivity index (χ4n) is 11.1. The summed E-state index contributed by atoms with van der Waals surface area (Å²) in [6, 6.07) is 12.5. The predicted molar refractivity (Wildman–Crippen MR) is 256 cm³/mol. The molecule has 5 aliphatic heterocycles. The maximum atomic E-state index is 14.8. The number of fused-ring (bicyclic) bond motifs is 6. The molecular weight excluding hydrogens is 865 g/mol. The molecule has 0 saturated carbocycles. The number of aryl methyl sites for hydroxylation is 1. The first-order chi connectivity index (χ1) is 32.5. The van der Waals surface area contributed by atoms with Gasteiger partial charge in [-0.05, 0) is 111 Å². The number of phenols is 1. The third kappa shape index (κ3) is 8.98. The number of aromatic hydroxyl groups is 1. The van der Waals surface area contributed by atoms with E-state index < -0.39 is 46.7 Å². The molecule has 0 radical (unpaired) electrons. The molecule has 2 aromatic carbocycles. The van der Waals surface area contributed by atoms with Crippen molar-refractivity contribution >= 4 is 40.5 Å². The highest BCUT2D eigenvalue weighted by Gasteiger charge is 2.57. The van der Waals surface area contributed by atoms with Gasteiger partial charge in [0.25, 0.3) is 5.91 Å². The van der Waals surface area contributed by atoms with Gasteiger partial charge in [0.2, 0.25) is 17.7 Å². The van der Waals surface area contributed by atoms with E-state index in [2.05, 4.69) is 59.6 Å². The van der Waals surface area contributed by atoms with Crippen molar-refractivity contribution in [1.29, 1.82) is 0 Å². The van der Waals surface area contributed by atoms with Gasteiger partial charge in [-0.2, -0.15) is 0 Å². The van der Waals surface area contributed by atoms with Crippen LogP contribution in [0.2, 0.25) is 0 Å². The average molecular weight is 931 g/mol. The molecule has 2 aromatic heterocycles. The summed E-state index contributed by atoms with van der Waals surface area (Å²) in [5, 5.41) is 19.9. The van der Waals surface area contributed by atoms with E-state index in [9.17, 15) is 29.1 Å². The van der Waals surface area contributed by atoms with Crippen LogP contribution in [-0.2, 0) is 52.8 Å². The van der Waals surface area contributed by atoms with Crippen molar-refractivity contribution in [1.82, 2.24) is 40.4 Å².